The molecule has 1 saturated carbocycles. The molecule has 2 heterocycles. The number of Topliss-reactive ketones (excluding diaryl/α,β-unsaturated/α-hetero) is 1. The molecular weight excluding hydrogens is 596 g/mol. The molecule has 6 rings (SSSR count). The number of ether oxygens (including phenoxy) is 2. The number of hydrogen-bond acceptors (Lipinski definition) is 5. The Hall–Kier alpha value is -2.86. The van der Waals surface area contributed by atoms with Crippen molar-refractivity contribution in [3.63, 3.8) is 0 Å². The zero-order valence-corrected chi connectivity index (χ0v) is 30.0. The molecule has 1 spiro atoms. The van der Waals surface area contributed by atoms with Crippen molar-refractivity contribution in [2.24, 2.45) is 5.92 Å². The summed E-state index contributed by atoms with van der Waals surface area (Å²) < 4.78 is 13.0. The summed E-state index contributed by atoms with van der Waals surface area (Å²) >= 11 is 0. The van der Waals surface area contributed by atoms with E-state index < -0.39 is 0 Å². The normalized spacial score (nSPS) is 25.3. The third-order valence-electron chi connectivity index (χ3n) is 12.2. The first-order valence-electron chi connectivity index (χ1n) is 19.4. The second-order valence-corrected chi connectivity index (χ2v) is 15.3. The maximum Gasteiger partial charge on any atom is 0.222 e. The highest BCUT2D eigenvalue weighted by Crippen LogP contribution is 2.64. The van der Waals surface area contributed by atoms with Crippen LogP contribution in [0.4, 0.5) is 0 Å². The van der Waals surface area contributed by atoms with Gasteiger partial charge in [-0.05, 0) is 87.9 Å². The monoisotopic (exact) mass is 656 g/mol. The van der Waals surface area contributed by atoms with Crippen LogP contribution in [0, 0.1) is 5.92 Å². The summed E-state index contributed by atoms with van der Waals surface area (Å²) in [6.45, 7) is 6.21. The van der Waals surface area contributed by atoms with Crippen molar-refractivity contribution in [3.05, 3.63) is 59.2 Å². The van der Waals surface area contributed by atoms with Crippen molar-refractivity contribution in [1.82, 2.24) is 9.80 Å². The smallest absolute Gasteiger partial charge is 0.222 e. The molecule has 0 aromatic heterocycles. The molecule has 2 aliphatic heterocycles. The predicted molar refractivity (Wildman–Crippen MR) is 193 cm³/mol. The zero-order chi connectivity index (χ0) is 33.5. The lowest BCUT2D eigenvalue weighted by Gasteiger charge is -2.60. The Morgan fingerprint density at radius 1 is 0.938 bits per heavy atom. The average Bonchev–Trinajstić information content (AvgIpc) is 3.44. The third-order valence-corrected chi connectivity index (χ3v) is 12.2. The lowest BCUT2D eigenvalue weighted by Crippen LogP contribution is -2.69. The van der Waals surface area contributed by atoms with Crippen LogP contribution >= 0.6 is 0 Å². The van der Waals surface area contributed by atoms with E-state index in [-0.39, 0.29) is 23.3 Å². The largest absolute Gasteiger partial charge is 0.493 e. The quantitative estimate of drug-likeness (QED) is 0.142. The molecule has 1 amide bonds. The van der Waals surface area contributed by atoms with Gasteiger partial charge in [0.15, 0.2) is 11.5 Å². The molecule has 4 aliphatic rings. The first-order chi connectivity index (χ1) is 23.5. The Kier molecular flexibility index (Phi) is 11.8. The van der Waals surface area contributed by atoms with Crippen molar-refractivity contribution < 1.29 is 19.1 Å². The molecule has 1 saturated heterocycles. The minimum Gasteiger partial charge on any atom is -0.493 e. The Morgan fingerprint density at radius 3 is 2.42 bits per heavy atom. The molecule has 6 nitrogen and oxygen atoms in total. The van der Waals surface area contributed by atoms with Crippen LogP contribution in [0.25, 0.3) is 0 Å². The lowest BCUT2D eigenvalue weighted by atomic mass is 9.51. The molecule has 0 unspecified atom stereocenters. The van der Waals surface area contributed by atoms with Gasteiger partial charge in [0.2, 0.25) is 5.91 Å². The Balaban J connectivity index is 1.08. The Morgan fingerprint density at radius 2 is 1.69 bits per heavy atom. The number of amides is 1. The van der Waals surface area contributed by atoms with E-state index >= 15 is 0 Å². The number of piperidine rings is 1. The lowest BCUT2D eigenvalue weighted by molar-refractivity contribution is -0.143. The number of carbonyl (C=O) groups excluding carboxylic acids is 2. The van der Waals surface area contributed by atoms with Crippen LogP contribution in [0.15, 0.2) is 42.5 Å². The average molecular weight is 657 g/mol. The van der Waals surface area contributed by atoms with Crippen LogP contribution in [0.1, 0.15) is 127 Å². The summed E-state index contributed by atoms with van der Waals surface area (Å²) in [5.41, 5.74) is 4.04. The van der Waals surface area contributed by atoms with Gasteiger partial charge in [-0.2, -0.15) is 0 Å². The van der Waals surface area contributed by atoms with Gasteiger partial charge < -0.3 is 14.4 Å². The van der Waals surface area contributed by atoms with Crippen molar-refractivity contribution in [2.45, 2.75) is 147 Å². The first-order valence-corrected chi connectivity index (χ1v) is 19.4. The summed E-state index contributed by atoms with van der Waals surface area (Å²) in [7, 11) is 1.74. The van der Waals surface area contributed by atoms with Crippen LogP contribution < -0.4 is 9.47 Å². The fourth-order valence-corrected chi connectivity index (χ4v) is 10.0. The fraction of sp³-hybridized carbons (Fsp3) is 0.667. The molecular formula is C42H60N2O4. The Labute approximate surface area is 289 Å². The molecule has 2 aromatic carbocycles. The second kappa shape index (κ2) is 16.2. The molecule has 6 heteroatoms. The van der Waals surface area contributed by atoms with Crippen LogP contribution in [-0.4, -0.2) is 66.4 Å². The molecule has 2 aromatic rings. The number of ketones is 1. The predicted octanol–water partition coefficient (Wildman–Crippen LogP) is 8.46. The summed E-state index contributed by atoms with van der Waals surface area (Å²) in [6.07, 6.45) is 18.9. The van der Waals surface area contributed by atoms with Crippen molar-refractivity contribution >= 4 is 11.7 Å². The summed E-state index contributed by atoms with van der Waals surface area (Å²) in [5, 5.41) is 0. The van der Waals surface area contributed by atoms with Gasteiger partial charge in [0.1, 0.15) is 11.9 Å². The second-order valence-electron chi connectivity index (χ2n) is 15.3. The van der Waals surface area contributed by atoms with E-state index in [1.807, 2.05) is 0 Å². The molecule has 262 valence electrons. The highest BCUT2D eigenvalue weighted by molar-refractivity contribution is 5.78. The molecule has 48 heavy (non-hydrogen) atoms. The van der Waals surface area contributed by atoms with Gasteiger partial charge in [0.25, 0.3) is 0 Å². The van der Waals surface area contributed by atoms with Gasteiger partial charge in [-0.25, -0.2) is 0 Å². The van der Waals surface area contributed by atoms with E-state index in [4.69, 9.17) is 9.47 Å². The summed E-state index contributed by atoms with van der Waals surface area (Å²) in [6, 6.07) is 15.5. The highest BCUT2D eigenvalue weighted by atomic mass is 16.5. The van der Waals surface area contributed by atoms with Gasteiger partial charge in [0, 0.05) is 30.0 Å². The number of unbranched alkanes of at least 4 members (excludes halogenated alkanes) is 9. The third kappa shape index (κ3) is 7.20. The topological polar surface area (TPSA) is 59.1 Å². The van der Waals surface area contributed by atoms with E-state index in [9.17, 15) is 9.59 Å². The van der Waals surface area contributed by atoms with Crippen LogP contribution in [0.2, 0.25) is 0 Å². The summed E-state index contributed by atoms with van der Waals surface area (Å²) in [5.74, 6) is 2.74. The minimum absolute atomic E-state index is 0.0592. The standard InChI is InChI=1S/C42H60N2O4/c1-4-5-17-27-44(38(46)21-16-11-9-7-6-8-10-13-18-32-19-14-12-15-20-32)35-24-23-34-36-29-33-22-25-37(47-3)40-39(33)42(34,41(35)48-40)26-28-43(36)30-31(2)45/h12,14-15,19-20,22,25,34-36,41H,4-11,13,16-18,21,23-24,26-30H2,1-3H3/t34-,35+,36+,41-,42-/m0/s1. The van der Waals surface area contributed by atoms with E-state index in [0.717, 1.165) is 82.4 Å². The molecule has 2 fully saturated rings. The van der Waals surface area contributed by atoms with E-state index in [0.29, 0.717) is 30.8 Å². The van der Waals surface area contributed by atoms with Gasteiger partial charge in [-0.15, -0.1) is 0 Å². The maximum absolute atomic E-state index is 14.2. The number of carbonyl (C=O) groups is 2. The number of rotatable bonds is 19. The van der Waals surface area contributed by atoms with Crippen LogP contribution in [0.3, 0.4) is 0 Å². The van der Waals surface area contributed by atoms with Gasteiger partial charge in [-0.1, -0.05) is 94.7 Å². The van der Waals surface area contributed by atoms with Gasteiger partial charge in [-0.3, -0.25) is 14.5 Å². The number of hydrogen-bond donors (Lipinski definition) is 0. The minimum atomic E-state index is -0.122. The van der Waals surface area contributed by atoms with Crippen molar-refractivity contribution in [2.75, 3.05) is 26.7 Å². The highest BCUT2D eigenvalue weighted by Gasteiger charge is 2.66. The van der Waals surface area contributed by atoms with Gasteiger partial charge in [0.05, 0.1) is 19.7 Å². The molecule has 2 aliphatic carbocycles. The molecule has 2 bridgehead atoms. The number of nitrogens with zero attached hydrogens (tertiary/aromatic N) is 2. The van der Waals surface area contributed by atoms with Gasteiger partial charge >= 0.3 is 0 Å². The number of benzene rings is 2. The zero-order valence-electron chi connectivity index (χ0n) is 30.0. The van der Waals surface area contributed by atoms with Crippen molar-refractivity contribution in [1.29, 1.82) is 0 Å². The number of likely N-dealkylation sites (tertiary alicyclic amines) is 1. The SMILES string of the molecule is CCCCCN(C(=O)CCCCCCCCCCc1ccccc1)[C@@H]1CC[C@H]2[C@H]3Cc4ccc(OC)c5c4[C@@]2(CCN3CC(C)=O)[C@H]1O5. The van der Waals surface area contributed by atoms with E-state index in [1.54, 1.807) is 14.0 Å². The van der Waals surface area contributed by atoms with Crippen molar-refractivity contribution in [3.8, 4) is 11.5 Å². The molecule has 0 N–H and O–H groups in total. The number of aryl methyl sites for hydroxylation is 1. The van der Waals surface area contributed by atoms with E-state index in [1.165, 1.54) is 61.6 Å². The maximum atomic E-state index is 14.2. The summed E-state index contributed by atoms with van der Waals surface area (Å²) in [4.78, 5) is 31.2. The van der Waals surface area contributed by atoms with Crippen LogP contribution in [0.5, 0.6) is 11.5 Å². The first kappa shape index (κ1) is 35.0. The molecule has 5 atom stereocenters. The van der Waals surface area contributed by atoms with E-state index in [2.05, 4.69) is 59.2 Å². The van der Waals surface area contributed by atoms with Crippen LogP contribution in [-0.2, 0) is 27.8 Å². The fourth-order valence-electron chi connectivity index (χ4n) is 10.0. The number of methoxy groups -OCH3 is 1. The Bertz CT molecular complexity index is 1380. The molecule has 0 radical (unpaired) electrons.